The number of benzene rings is 1. The Balaban J connectivity index is 2.45. The van der Waals surface area contributed by atoms with Gasteiger partial charge in [0.25, 0.3) is 0 Å². The number of aromatic amines is 1. The van der Waals surface area contributed by atoms with Crippen molar-refractivity contribution in [3.63, 3.8) is 0 Å². The zero-order chi connectivity index (χ0) is 13.8. The highest BCUT2D eigenvalue weighted by Gasteiger charge is 2.08. The van der Waals surface area contributed by atoms with Crippen molar-refractivity contribution in [2.75, 3.05) is 0 Å². The molecule has 6 nitrogen and oxygen atoms in total. The molecule has 19 heavy (non-hydrogen) atoms. The van der Waals surface area contributed by atoms with Crippen LogP contribution in [0.4, 0.5) is 0 Å². The molecule has 0 fully saturated rings. The summed E-state index contributed by atoms with van der Waals surface area (Å²) in [6, 6.07) is 6.77. The van der Waals surface area contributed by atoms with E-state index in [0.717, 1.165) is 5.56 Å². The van der Waals surface area contributed by atoms with Crippen molar-refractivity contribution in [3.8, 4) is 5.75 Å². The number of para-hydroxylation sites is 1. The molecule has 0 amide bonds. The van der Waals surface area contributed by atoms with Crippen LogP contribution in [-0.4, -0.2) is 15.3 Å². The van der Waals surface area contributed by atoms with Crippen LogP contribution >= 0.6 is 0 Å². The molecule has 0 aliphatic heterocycles. The van der Waals surface area contributed by atoms with Gasteiger partial charge in [0.2, 0.25) is 0 Å². The van der Waals surface area contributed by atoms with Gasteiger partial charge in [0.1, 0.15) is 11.6 Å². The quantitative estimate of drug-likeness (QED) is 0.517. The molecule has 1 heterocycles. The average Bonchev–Trinajstić information content (AvgIpc) is 2.89. The van der Waals surface area contributed by atoms with Crippen molar-refractivity contribution >= 4 is 11.3 Å². The van der Waals surface area contributed by atoms with E-state index >= 15 is 0 Å². The Morgan fingerprint density at radius 2 is 1.95 bits per heavy atom. The normalized spacial score (nSPS) is 11.3. The minimum atomic E-state index is 0.0957. The lowest BCUT2D eigenvalue weighted by molar-refractivity contribution is 0.473. The molecule has 0 unspecified atom stereocenters. The molecule has 0 bridgehead atoms. The van der Waals surface area contributed by atoms with Gasteiger partial charge in [0.05, 0.1) is 6.20 Å². The van der Waals surface area contributed by atoms with Crippen LogP contribution in [-0.2, 0) is 0 Å². The Bertz CT molecular complexity index is 624. The van der Waals surface area contributed by atoms with Crippen LogP contribution < -0.4 is 17.2 Å². The standard InChI is InChI=1S/C13H15N5O/c14-11(9-3-1-2-4-12(9)19)5-10(13(15)16)8-6-17-18-7-8/h1-7,19H,14-16H2,(H,17,18)/b11-5-. The second-order valence-corrected chi connectivity index (χ2v) is 3.97. The molecule has 8 N–H and O–H groups in total. The molecular weight excluding hydrogens is 242 g/mol. The average molecular weight is 257 g/mol. The highest BCUT2D eigenvalue weighted by molar-refractivity contribution is 5.84. The number of H-pyrrole nitrogens is 1. The lowest BCUT2D eigenvalue weighted by atomic mass is 10.0. The Morgan fingerprint density at radius 1 is 1.21 bits per heavy atom. The summed E-state index contributed by atoms with van der Waals surface area (Å²) >= 11 is 0. The summed E-state index contributed by atoms with van der Waals surface area (Å²) < 4.78 is 0. The first-order chi connectivity index (χ1) is 9.09. The van der Waals surface area contributed by atoms with Crippen molar-refractivity contribution in [3.05, 3.63) is 59.7 Å². The molecule has 0 spiro atoms. The van der Waals surface area contributed by atoms with Crippen LogP contribution in [0.3, 0.4) is 0 Å². The van der Waals surface area contributed by atoms with E-state index in [0.29, 0.717) is 16.8 Å². The molecule has 98 valence electrons. The summed E-state index contributed by atoms with van der Waals surface area (Å²) in [6.07, 6.45) is 4.85. The minimum Gasteiger partial charge on any atom is -0.507 e. The van der Waals surface area contributed by atoms with Gasteiger partial charge in [0.15, 0.2) is 0 Å². The summed E-state index contributed by atoms with van der Waals surface area (Å²) in [5.41, 5.74) is 19.4. The molecule has 0 aliphatic carbocycles. The number of phenols is 1. The van der Waals surface area contributed by atoms with Gasteiger partial charge in [0, 0.05) is 28.6 Å². The number of nitrogens with one attached hydrogen (secondary N) is 1. The number of aromatic hydroxyl groups is 1. The predicted octanol–water partition coefficient (Wildman–Crippen LogP) is 0.701. The van der Waals surface area contributed by atoms with Crippen molar-refractivity contribution < 1.29 is 5.11 Å². The maximum absolute atomic E-state index is 9.75. The third-order valence-electron chi connectivity index (χ3n) is 2.64. The zero-order valence-corrected chi connectivity index (χ0v) is 10.2. The number of hydrogen-bond donors (Lipinski definition) is 5. The Hall–Kier alpha value is -2.89. The van der Waals surface area contributed by atoms with Crippen molar-refractivity contribution in [2.45, 2.75) is 0 Å². The van der Waals surface area contributed by atoms with Gasteiger partial charge < -0.3 is 22.3 Å². The third-order valence-corrected chi connectivity index (χ3v) is 2.64. The number of hydrogen-bond acceptors (Lipinski definition) is 5. The number of allylic oxidation sites excluding steroid dienone is 2. The molecule has 0 atom stereocenters. The third kappa shape index (κ3) is 2.68. The van der Waals surface area contributed by atoms with Crippen molar-refractivity contribution in [1.82, 2.24) is 10.2 Å². The van der Waals surface area contributed by atoms with E-state index < -0.39 is 0 Å². The van der Waals surface area contributed by atoms with E-state index in [4.69, 9.17) is 17.2 Å². The van der Waals surface area contributed by atoms with E-state index in [1.165, 1.54) is 0 Å². The Labute approximate surface area is 110 Å². The molecule has 6 heteroatoms. The molecule has 1 aromatic carbocycles. The van der Waals surface area contributed by atoms with Crippen LogP contribution in [0.5, 0.6) is 5.75 Å². The minimum absolute atomic E-state index is 0.0957. The summed E-state index contributed by atoms with van der Waals surface area (Å²) in [5, 5.41) is 16.3. The van der Waals surface area contributed by atoms with E-state index in [1.807, 2.05) is 0 Å². The van der Waals surface area contributed by atoms with Gasteiger partial charge in [-0.15, -0.1) is 0 Å². The summed E-state index contributed by atoms with van der Waals surface area (Å²) in [6.45, 7) is 0. The fraction of sp³-hybridized carbons (Fsp3) is 0. The fourth-order valence-electron chi connectivity index (χ4n) is 1.68. The van der Waals surface area contributed by atoms with Gasteiger partial charge >= 0.3 is 0 Å². The second kappa shape index (κ2) is 5.18. The first-order valence-corrected chi connectivity index (χ1v) is 5.59. The smallest absolute Gasteiger partial charge is 0.124 e. The Kier molecular flexibility index (Phi) is 3.42. The zero-order valence-electron chi connectivity index (χ0n) is 10.2. The van der Waals surface area contributed by atoms with Crippen molar-refractivity contribution in [1.29, 1.82) is 0 Å². The van der Waals surface area contributed by atoms with Gasteiger partial charge in [-0.3, -0.25) is 5.10 Å². The first-order valence-electron chi connectivity index (χ1n) is 5.59. The SMILES string of the molecule is NC(N)=C(/C=C(\N)c1ccccc1O)c1cn[nH]c1. The van der Waals surface area contributed by atoms with E-state index in [9.17, 15) is 5.11 Å². The monoisotopic (exact) mass is 257 g/mol. The molecule has 0 saturated carbocycles. The van der Waals surface area contributed by atoms with E-state index in [1.54, 1.807) is 42.7 Å². The summed E-state index contributed by atoms with van der Waals surface area (Å²) in [4.78, 5) is 0. The second-order valence-electron chi connectivity index (χ2n) is 3.97. The van der Waals surface area contributed by atoms with Gasteiger partial charge in [-0.1, -0.05) is 12.1 Å². The maximum Gasteiger partial charge on any atom is 0.124 e. The van der Waals surface area contributed by atoms with Gasteiger partial charge in [-0.05, 0) is 18.2 Å². The highest BCUT2D eigenvalue weighted by atomic mass is 16.3. The van der Waals surface area contributed by atoms with E-state index in [-0.39, 0.29) is 11.6 Å². The first kappa shape index (κ1) is 12.6. The molecule has 2 rings (SSSR count). The molecule has 0 radical (unpaired) electrons. The van der Waals surface area contributed by atoms with Crippen LogP contribution in [0, 0.1) is 0 Å². The molecule has 0 saturated heterocycles. The largest absolute Gasteiger partial charge is 0.507 e. The number of nitrogens with two attached hydrogens (primary N) is 3. The van der Waals surface area contributed by atoms with Gasteiger partial charge in [-0.25, -0.2) is 0 Å². The number of nitrogens with zero attached hydrogens (tertiary/aromatic N) is 1. The molecule has 2 aromatic rings. The Morgan fingerprint density at radius 3 is 2.53 bits per heavy atom. The van der Waals surface area contributed by atoms with Gasteiger partial charge in [-0.2, -0.15) is 5.10 Å². The molecular formula is C13H15N5O. The number of phenolic OH excluding ortho intramolecular Hbond substituents is 1. The van der Waals surface area contributed by atoms with Crippen LogP contribution in [0.25, 0.3) is 11.3 Å². The van der Waals surface area contributed by atoms with Crippen LogP contribution in [0.15, 0.2) is 48.6 Å². The number of aromatic nitrogens is 2. The highest BCUT2D eigenvalue weighted by Crippen LogP contribution is 2.24. The lowest BCUT2D eigenvalue weighted by Crippen LogP contribution is -2.11. The van der Waals surface area contributed by atoms with E-state index in [2.05, 4.69) is 10.2 Å². The van der Waals surface area contributed by atoms with Crippen molar-refractivity contribution in [2.24, 2.45) is 17.2 Å². The molecule has 0 aliphatic rings. The van der Waals surface area contributed by atoms with Crippen LogP contribution in [0.1, 0.15) is 11.1 Å². The predicted molar refractivity (Wildman–Crippen MR) is 74.2 cm³/mol. The molecule has 1 aromatic heterocycles. The topological polar surface area (TPSA) is 127 Å². The summed E-state index contributed by atoms with van der Waals surface area (Å²) in [7, 11) is 0. The summed E-state index contributed by atoms with van der Waals surface area (Å²) in [5.74, 6) is 0.221. The lowest BCUT2D eigenvalue weighted by Gasteiger charge is -2.07. The maximum atomic E-state index is 9.75. The fourth-order valence-corrected chi connectivity index (χ4v) is 1.68. The number of rotatable bonds is 3. The van der Waals surface area contributed by atoms with Crippen LogP contribution in [0.2, 0.25) is 0 Å².